The zero-order valence-corrected chi connectivity index (χ0v) is 14.0. The fourth-order valence-corrected chi connectivity index (χ4v) is 3.70. The molecular weight excluding hydrogens is 308 g/mol. The van der Waals surface area contributed by atoms with Crippen molar-refractivity contribution in [3.8, 4) is 17.1 Å². The zero-order valence-electron chi connectivity index (χ0n) is 13.2. The summed E-state index contributed by atoms with van der Waals surface area (Å²) in [5.41, 5.74) is 2.78. The van der Waals surface area contributed by atoms with E-state index in [0.717, 1.165) is 16.9 Å². The van der Waals surface area contributed by atoms with Gasteiger partial charge < -0.3 is 10.1 Å². The van der Waals surface area contributed by atoms with Crippen molar-refractivity contribution in [2.45, 2.75) is 43.5 Å². The van der Waals surface area contributed by atoms with Gasteiger partial charge in [0.1, 0.15) is 0 Å². The van der Waals surface area contributed by atoms with Gasteiger partial charge in [0.25, 0.3) is 0 Å². The molecule has 0 unspecified atom stereocenters. The number of nitrogens with zero attached hydrogens (tertiary/aromatic N) is 3. The molecule has 0 amide bonds. The van der Waals surface area contributed by atoms with Crippen LogP contribution in [0.15, 0.2) is 29.4 Å². The van der Waals surface area contributed by atoms with E-state index in [0.29, 0.717) is 17.0 Å². The molecule has 2 aliphatic rings. The van der Waals surface area contributed by atoms with E-state index in [4.69, 9.17) is 4.74 Å². The molecule has 0 bridgehead atoms. The van der Waals surface area contributed by atoms with Crippen LogP contribution in [0.4, 0.5) is 5.69 Å². The highest BCUT2D eigenvalue weighted by atomic mass is 32.2. The van der Waals surface area contributed by atoms with E-state index in [2.05, 4.69) is 26.6 Å². The van der Waals surface area contributed by atoms with E-state index in [1.165, 1.54) is 43.9 Å². The summed E-state index contributed by atoms with van der Waals surface area (Å²) in [6.07, 6.45) is 8.18. The summed E-state index contributed by atoms with van der Waals surface area (Å²) in [6.45, 7) is 0. The van der Waals surface area contributed by atoms with Crippen LogP contribution in [0.5, 0.6) is 5.88 Å². The molecule has 0 spiro atoms. The minimum Gasteiger partial charge on any atom is -0.452 e. The van der Waals surface area contributed by atoms with Crippen LogP contribution < -0.4 is 10.1 Å². The van der Waals surface area contributed by atoms with Gasteiger partial charge in [0.2, 0.25) is 11.0 Å². The lowest BCUT2D eigenvalue weighted by Gasteiger charge is -2.30. The van der Waals surface area contributed by atoms with Gasteiger partial charge in [0.05, 0.1) is 0 Å². The maximum Gasteiger partial charge on any atom is 0.247 e. The molecular formula is C17H20N4OS. The Bertz CT molecular complexity index is 703. The number of hydrogen-bond donors (Lipinski definition) is 1. The summed E-state index contributed by atoms with van der Waals surface area (Å²) in [6, 6.07) is 8.16. The van der Waals surface area contributed by atoms with Crippen molar-refractivity contribution in [1.29, 1.82) is 0 Å². The first-order valence-electron chi connectivity index (χ1n) is 8.16. The van der Waals surface area contributed by atoms with Crippen molar-refractivity contribution in [1.82, 2.24) is 15.2 Å². The monoisotopic (exact) mass is 328 g/mol. The van der Waals surface area contributed by atoms with Crippen LogP contribution in [0.1, 0.15) is 32.1 Å². The lowest BCUT2D eigenvalue weighted by atomic mass is 9.88. The number of nitrogens with one attached hydrogen (secondary N) is 1. The van der Waals surface area contributed by atoms with Gasteiger partial charge >= 0.3 is 0 Å². The van der Waals surface area contributed by atoms with Gasteiger partial charge in [-0.2, -0.15) is 4.98 Å². The largest absolute Gasteiger partial charge is 0.452 e. The molecule has 2 heterocycles. The molecule has 4 rings (SSSR count). The van der Waals surface area contributed by atoms with Gasteiger partial charge in [-0.25, -0.2) is 0 Å². The standard InChI is InChI=1S/C17H20N4OS/c1-23-17-19-16-14(20-21-17)12-9-5-6-10-13(12)18-15(22-16)11-7-3-2-4-8-11/h5-6,9-11,15,18H,2-4,7-8H2,1H3/t15-/m0/s1. The van der Waals surface area contributed by atoms with Crippen LogP contribution in [0.25, 0.3) is 11.3 Å². The Morgan fingerprint density at radius 1 is 1.13 bits per heavy atom. The van der Waals surface area contributed by atoms with Gasteiger partial charge in [-0.1, -0.05) is 49.2 Å². The summed E-state index contributed by atoms with van der Waals surface area (Å²) in [5, 5.41) is 12.8. The Hall–Kier alpha value is -1.82. The number of aromatic nitrogens is 3. The number of fused-ring (bicyclic) bond motifs is 3. The predicted octanol–water partition coefficient (Wildman–Crippen LogP) is 3.97. The molecule has 1 aliphatic carbocycles. The second kappa shape index (κ2) is 6.35. The van der Waals surface area contributed by atoms with Gasteiger partial charge in [-0.3, -0.25) is 0 Å². The number of benzene rings is 1. The predicted molar refractivity (Wildman–Crippen MR) is 91.7 cm³/mol. The number of anilines is 1. The quantitative estimate of drug-likeness (QED) is 0.842. The molecule has 2 aromatic rings. The molecule has 1 aliphatic heterocycles. The van der Waals surface area contributed by atoms with E-state index >= 15 is 0 Å². The number of thioether (sulfide) groups is 1. The smallest absolute Gasteiger partial charge is 0.247 e. The fourth-order valence-electron chi connectivity index (χ4n) is 3.40. The molecule has 23 heavy (non-hydrogen) atoms. The van der Waals surface area contributed by atoms with Crippen molar-refractivity contribution in [3.63, 3.8) is 0 Å². The van der Waals surface area contributed by atoms with Gasteiger partial charge in [0, 0.05) is 17.2 Å². The Labute approximate surface area is 140 Å². The zero-order chi connectivity index (χ0) is 15.6. The Kier molecular flexibility index (Phi) is 4.08. The second-order valence-corrected chi connectivity index (χ2v) is 6.85. The second-order valence-electron chi connectivity index (χ2n) is 6.08. The highest BCUT2D eigenvalue weighted by molar-refractivity contribution is 7.98. The molecule has 1 aromatic carbocycles. The van der Waals surface area contributed by atoms with Crippen LogP contribution in [0.3, 0.4) is 0 Å². The average Bonchev–Trinajstić information content (AvgIpc) is 2.78. The molecule has 1 N–H and O–H groups in total. The van der Waals surface area contributed by atoms with Crippen molar-refractivity contribution < 1.29 is 4.74 Å². The van der Waals surface area contributed by atoms with E-state index in [-0.39, 0.29) is 6.23 Å². The minimum atomic E-state index is -0.0518. The van der Waals surface area contributed by atoms with Gasteiger partial charge in [-0.05, 0) is 25.2 Å². The Morgan fingerprint density at radius 2 is 1.96 bits per heavy atom. The summed E-state index contributed by atoms with van der Waals surface area (Å²) >= 11 is 1.48. The highest BCUT2D eigenvalue weighted by Crippen LogP contribution is 2.39. The van der Waals surface area contributed by atoms with Crippen LogP contribution in [-0.4, -0.2) is 27.7 Å². The topological polar surface area (TPSA) is 59.9 Å². The summed E-state index contributed by atoms with van der Waals surface area (Å²) in [5.74, 6) is 1.10. The summed E-state index contributed by atoms with van der Waals surface area (Å²) in [4.78, 5) is 4.56. The number of hydrogen-bond acceptors (Lipinski definition) is 6. The number of ether oxygens (including phenoxy) is 1. The SMILES string of the molecule is CSc1nnc2c(n1)O[C@@H](C1CCCCC1)Nc1ccccc1-2. The van der Waals surface area contributed by atoms with Crippen molar-refractivity contribution in [2.24, 2.45) is 5.92 Å². The van der Waals surface area contributed by atoms with Gasteiger partial charge in [-0.15, -0.1) is 10.2 Å². The molecule has 6 heteroatoms. The highest BCUT2D eigenvalue weighted by Gasteiger charge is 2.31. The van der Waals surface area contributed by atoms with Crippen LogP contribution in [0.2, 0.25) is 0 Å². The molecule has 0 radical (unpaired) electrons. The molecule has 5 nitrogen and oxygen atoms in total. The van der Waals surface area contributed by atoms with E-state index in [1.807, 2.05) is 24.5 Å². The molecule has 0 saturated heterocycles. The van der Waals surface area contributed by atoms with E-state index in [9.17, 15) is 0 Å². The number of rotatable bonds is 2. The van der Waals surface area contributed by atoms with Crippen LogP contribution >= 0.6 is 11.8 Å². The van der Waals surface area contributed by atoms with E-state index in [1.54, 1.807) is 0 Å². The molecule has 1 fully saturated rings. The molecule has 1 aromatic heterocycles. The maximum absolute atomic E-state index is 6.28. The molecule has 120 valence electrons. The fraction of sp³-hybridized carbons (Fsp3) is 0.471. The van der Waals surface area contributed by atoms with Crippen LogP contribution in [0, 0.1) is 5.92 Å². The molecule has 1 atom stereocenters. The first kappa shape index (κ1) is 14.8. The first-order valence-corrected chi connectivity index (χ1v) is 9.39. The lowest BCUT2D eigenvalue weighted by Crippen LogP contribution is -2.35. The van der Waals surface area contributed by atoms with Crippen molar-refractivity contribution in [3.05, 3.63) is 24.3 Å². The summed E-state index contributed by atoms with van der Waals surface area (Å²) < 4.78 is 6.28. The Balaban J connectivity index is 1.77. The third-order valence-corrected chi connectivity index (χ3v) is 5.15. The third kappa shape index (κ3) is 2.87. The lowest BCUT2D eigenvalue weighted by molar-refractivity contribution is 0.126. The molecule has 1 saturated carbocycles. The maximum atomic E-state index is 6.28. The number of para-hydroxylation sites is 1. The van der Waals surface area contributed by atoms with Crippen molar-refractivity contribution in [2.75, 3.05) is 11.6 Å². The third-order valence-electron chi connectivity index (χ3n) is 4.61. The normalized spacial score (nSPS) is 20.7. The average molecular weight is 328 g/mol. The minimum absolute atomic E-state index is 0.0518. The first-order chi connectivity index (χ1) is 11.3. The van der Waals surface area contributed by atoms with Crippen molar-refractivity contribution >= 4 is 17.4 Å². The Morgan fingerprint density at radius 3 is 2.78 bits per heavy atom. The summed E-state index contributed by atoms with van der Waals surface area (Å²) in [7, 11) is 0. The van der Waals surface area contributed by atoms with E-state index < -0.39 is 0 Å². The van der Waals surface area contributed by atoms with Gasteiger partial charge in [0.15, 0.2) is 11.9 Å². The van der Waals surface area contributed by atoms with Crippen LogP contribution in [-0.2, 0) is 0 Å².